The van der Waals surface area contributed by atoms with Crippen molar-refractivity contribution in [2.45, 2.75) is 33.2 Å². The minimum absolute atomic E-state index is 0.0330. The summed E-state index contributed by atoms with van der Waals surface area (Å²) in [5, 5.41) is 3.02. The number of ether oxygens (including phenoxy) is 1. The highest BCUT2D eigenvalue weighted by Crippen LogP contribution is 2.19. The summed E-state index contributed by atoms with van der Waals surface area (Å²) < 4.78 is 5.59. The minimum Gasteiger partial charge on any atom is -0.484 e. The standard InChI is InChI=1S/C22H30N2O2/c1-4-18-12-14-20(15-13-18)26-17-22(25)23-16-21(24(5-2)6-3)19-10-8-7-9-11-19/h7-15,21H,4-6,16-17H2,1-3H3,(H,23,25)/t21-/m1/s1. The fraction of sp³-hybridized carbons (Fsp3) is 0.409. The van der Waals surface area contributed by atoms with Gasteiger partial charge in [0.2, 0.25) is 0 Å². The first-order valence-corrected chi connectivity index (χ1v) is 9.45. The van der Waals surface area contributed by atoms with Gasteiger partial charge in [-0.15, -0.1) is 0 Å². The van der Waals surface area contributed by atoms with Crippen LogP contribution < -0.4 is 10.1 Å². The van der Waals surface area contributed by atoms with Gasteiger partial charge < -0.3 is 10.1 Å². The Morgan fingerprint density at radius 3 is 2.23 bits per heavy atom. The third-order valence-corrected chi connectivity index (χ3v) is 4.63. The normalized spacial score (nSPS) is 12.0. The second kappa shape index (κ2) is 10.6. The average molecular weight is 354 g/mol. The molecule has 0 aromatic heterocycles. The Bertz CT molecular complexity index is 652. The van der Waals surface area contributed by atoms with Crippen LogP contribution in [0.25, 0.3) is 0 Å². The van der Waals surface area contributed by atoms with Crippen molar-refractivity contribution in [3.05, 3.63) is 65.7 Å². The summed E-state index contributed by atoms with van der Waals surface area (Å²) in [4.78, 5) is 14.6. The van der Waals surface area contributed by atoms with Crippen LogP contribution >= 0.6 is 0 Å². The molecule has 0 saturated carbocycles. The van der Waals surface area contributed by atoms with Gasteiger partial charge in [-0.3, -0.25) is 9.69 Å². The molecule has 1 atom stereocenters. The summed E-state index contributed by atoms with van der Waals surface area (Å²) in [5.41, 5.74) is 2.47. The van der Waals surface area contributed by atoms with Crippen LogP contribution in [0.5, 0.6) is 5.75 Å². The molecule has 0 saturated heterocycles. The molecule has 0 radical (unpaired) electrons. The fourth-order valence-electron chi connectivity index (χ4n) is 3.03. The number of benzene rings is 2. The highest BCUT2D eigenvalue weighted by atomic mass is 16.5. The zero-order valence-corrected chi connectivity index (χ0v) is 16.1. The van der Waals surface area contributed by atoms with Crippen LogP contribution in [0.15, 0.2) is 54.6 Å². The van der Waals surface area contributed by atoms with Crippen molar-refractivity contribution < 1.29 is 9.53 Å². The van der Waals surface area contributed by atoms with E-state index in [1.54, 1.807) is 0 Å². The van der Waals surface area contributed by atoms with Crippen molar-refractivity contribution >= 4 is 5.91 Å². The molecule has 2 aromatic rings. The van der Waals surface area contributed by atoms with E-state index in [-0.39, 0.29) is 18.6 Å². The van der Waals surface area contributed by atoms with E-state index in [0.29, 0.717) is 6.54 Å². The van der Waals surface area contributed by atoms with E-state index >= 15 is 0 Å². The number of amides is 1. The molecular weight excluding hydrogens is 324 g/mol. The third-order valence-electron chi connectivity index (χ3n) is 4.63. The number of carbonyl (C=O) groups is 1. The maximum Gasteiger partial charge on any atom is 0.258 e. The minimum atomic E-state index is -0.0994. The molecule has 4 heteroatoms. The van der Waals surface area contributed by atoms with E-state index < -0.39 is 0 Å². The molecular formula is C22H30N2O2. The topological polar surface area (TPSA) is 41.6 Å². The third kappa shape index (κ3) is 5.88. The highest BCUT2D eigenvalue weighted by Gasteiger charge is 2.18. The lowest BCUT2D eigenvalue weighted by molar-refractivity contribution is -0.123. The van der Waals surface area contributed by atoms with Crippen molar-refractivity contribution in [1.29, 1.82) is 0 Å². The SMILES string of the molecule is CCc1ccc(OCC(=O)NC[C@H](c2ccccc2)N(CC)CC)cc1. The van der Waals surface area contributed by atoms with Crippen LogP contribution in [0, 0.1) is 0 Å². The summed E-state index contributed by atoms with van der Waals surface area (Å²) in [6.07, 6.45) is 0.993. The van der Waals surface area contributed by atoms with E-state index in [1.165, 1.54) is 11.1 Å². The van der Waals surface area contributed by atoms with Gasteiger partial charge in [-0.2, -0.15) is 0 Å². The molecule has 0 aliphatic heterocycles. The van der Waals surface area contributed by atoms with E-state index in [1.807, 2.05) is 42.5 Å². The van der Waals surface area contributed by atoms with E-state index in [0.717, 1.165) is 25.3 Å². The lowest BCUT2D eigenvalue weighted by atomic mass is 10.1. The van der Waals surface area contributed by atoms with Gasteiger partial charge in [-0.05, 0) is 42.8 Å². The van der Waals surface area contributed by atoms with Crippen LogP contribution in [0.4, 0.5) is 0 Å². The zero-order valence-electron chi connectivity index (χ0n) is 16.1. The number of nitrogens with one attached hydrogen (secondary N) is 1. The maximum absolute atomic E-state index is 12.2. The Balaban J connectivity index is 1.89. The Morgan fingerprint density at radius 2 is 1.65 bits per heavy atom. The molecule has 140 valence electrons. The largest absolute Gasteiger partial charge is 0.484 e. The monoisotopic (exact) mass is 354 g/mol. The molecule has 0 fully saturated rings. The van der Waals surface area contributed by atoms with Crippen LogP contribution in [0.2, 0.25) is 0 Å². The highest BCUT2D eigenvalue weighted by molar-refractivity contribution is 5.77. The molecule has 1 amide bonds. The predicted octanol–water partition coefficient (Wildman–Crippen LogP) is 3.83. The van der Waals surface area contributed by atoms with Crippen molar-refractivity contribution in [3.8, 4) is 5.75 Å². The predicted molar refractivity (Wildman–Crippen MR) is 106 cm³/mol. The summed E-state index contributed by atoms with van der Waals surface area (Å²) in [6, 6.07) is 18.4. The molecule has 2 rings (SSSR count). The average Bonchev–Trinajstić information content (AvgIpc) is 2.70. The quantitative estimate of drug-likeness (QED) is 0.705. The Kier molecular flexibility index (Phi) is 8.16. The molecule has 4 nitrogen and oxygen atoms in total. The first-order valence-electron chi connectivity index (χ1n) is 9.45. The van der Waals surface area contributed by atoms with Crippen molar-refractivity contribution in [2.75, 3.05) is 26.2 Å². The maximum atomic E-state index is 12.2. The molecule has 26 heavy (non-hydrogen) atoms. The van der Waals surface area contributed by atoms with E-state index in [2.05, 4.69) is 43.1 Å². The van der Waals surface area contributed by atoms with Gasteiger partial charge in [0.05, 0.1) is 6.04 Å². The fourth-order valence-corrected chi connectivity index (χ4v) is 3.03. The number of rotatable bonds is 10. The first-order chi connectivity index (χ1) is 12.7. The Morgan fingerprint density at radius 1 is 1.00 bits per heavy atom. The number of carbonyl (C=O) groups excluding carboxylic acids is 1. The molecule has 0 heterocycles. The molecule has 0 aliphatic carbocycles. The first kappa shape index (κ1) is 20.0. The van der Waals surface area contributed by atoms with Gasteiger partial charge >= 0.3 is 0 Å². The van der Waals surface area contributed by atoms with Crippen molar-refractivity contribution in [3.63, 3.8) is 0 Å². The van der Waals surface area contributed by atoms with E-state index in [4.69, 9.17) is 4.74 Å². The number of aryl methyl sites for hydroxylation is 1. The van der Waals surface area contributed by atoms with Gasteiger partial charge in [0.25, 0.3) is 5.91 Å². The number of hydrogen-bond donors (Lipinski definition) is 1. The van der Waals surface area contributed by atoms with E-state index in [9.17, 15) is 4.79 Å². The molecule has 0 spiro atoms. The molecule has 0 bridgehead atoms. The number of likely N-dealkylation sites (N-methyl/N-ethyl adjacent to an activating group) is 1. The zero-order chi connectivity index (χ0) is 18.8. The lowest BCUT2D eigenvalue weighted by Crippen LogP contribution is -2.39. The van der Waals surface area contributed by atoms with Crippen LogP contribution in [0.3, 0.4) is 0 Å². The van der Waals surface area contributed by atoms with Crippen LogP contribution in [0.1, 0.15) is 37.9 Å². The molecule has 1 N–H and O–H groups in total. The van der Waals surface area contributed by atoms with Gasteiger partial charge in [-0.25, -0.2) is 0 Å². The van der Waals surface area contributed by atoms with Gasteiger partial charge in [0.1, 0.15) is 5.75 Å². The molecule has 0 unspecified atom stereocenters. The summed E-state index contributed by atoms with van der Waals surface area (Å²) in [7, 11) is 0. The summed E-state index contributed by atoms with van der Waals surface area (Å²) in [5.74, 6) is 0.623. The molecule has 0 aliphatic rings. The van der Waals surface area contributed by atoms with Gasteiger partial charge in [0, 0.05) is 6.54 Å². The Labute approximate surface area is 157 Å². The van der Waals surface area contributed by atoms with Crippen LogP contribution in [-0.4, -0.2) is 37.0 Å². The lowest BCUT2D eigenvalue weighted by Gasteiger charge is -2.30. The van der Waals surface area contributed by atoms with Gasteiger partial charge in [-0.1, -0.05) is 63.2 Å². The second-order valence-electron chi connectivity index (χ2n) is 6.24. The van der Waals surface area contributed by atoms with Gasteiger partial charge in [0.15, 0.2) is 6.61 Å². The molecule has 2 aromatic carbocycles. The van der Waals surface area contributed by atoms with Crippen molar-refractivity contribution in [1.82, 2.24) is 10.2 Å². The Hall–Kier alpha value is -2.33. The summed E-state index contributed by atoms with van der Waals surface area (Å²) >= 11 is 0. The smallest absolute Gasteiger partial charge is 0.258 e. The number of hydrogen-bond acceptors (Lipinski definition) is 3. The van der Waals surface area contributed by atoms with Crippen LogP contribution in [-0.2, 0) is 11.2 Å². The van der Waals surface area contributed by atoms with Crippen molar-refractivity contribution in [2.24, 2.45) is 0 Å². The summed E-state index contributed by atoms with van der Waals surface area (Å²) in [6.45, 7) is 8.88. The number of nitrogens with zero attached hydrogens (tertiary/aromatic N) is 1. The second-order valence-corrected chi connectivity index (χ2v) is 6.24.